The lowest BCUT2D eigenvalue weighted by Gasteiger charge is -2.24. The Morgan fingerprint density at radius 2 is 2.05 bits per heavy atom. The topological polar surface area (TPSA) is 50.3 Å². The quantitative estimate of drug-likeness (QED) is 0.896. The fourth-order valence-corrected chi connectivity index (χ4v) is 2.39. The van der Waals surface area contributed by atoms with Crippen LogP contribution in [0.15, 0.2) is 0 Å². The number of nitrogens with zero attached hydrogens (tertiary/aromatic N) is 3. The van der Waals surface area contributed by atoms with E-state index < -0.39 is 0 Å². The van der Waals surface area contributed by atoms with Crippen molar-refractivity contribution < 1.29 is 4.74 Å². The number of aromatic nitrogens is 2. The van der Waals surface area contributed by atoms with Crippen molar-refractivity contribution in [1.82, 2.24) is 9.97 Å². The molecule has 0 atom stereocenters. The molecule has 0 bridgehead atoms. The second kappa shape index (κ2) is 7.43. The van der Waals surface area contributed by atoms with Gasteiger partial charge in [-0.25, -0.2) is 9.97 Å². The zero-order valence-corrected chi connectivity index (χ0v) is 12.9. The van der Waals surface area contributed by atoms with Crippen molar-refractivity contribution in [3.8, 4) is 0 Å². The average molecular weight is 278 g/mol. The van der Waals surface area contributed by atoms with Crippen LogP contribution in [0.1, 0.15) is 38.1 Å². The van der Waals surface area contributed by atoms with Gasteiger partial charge in [0.2, 0.25) is 0 Å². The van der Waals surface area contributed by atoms with E-state index in [-0.39, 0.29) is 0 Å². The van der Waals surface area contributed by atoms with Gasteiger partial charge in [0.15, 0.2) is 0 Å². The summed E-state index contributed by atoms with van der Waals surface area (Å²) in [6.45, 7) is 10.9. The minimum Gasteiger partial charge on any atom is -0.380 e. The van der Waals surface area contributed by atoms with E-state index >= 15 is 0 Å². The van der Waals surface area contributed by atoms with Crippen LogP contribution in [-0.4, -0.2) is 42.8 Å². The van der Waals surface area contributed by atoms with Gasteiger partial charge < -0.3 is 15.0 Å². The summed E-state index contributed by atoms with van der Waals surface area (Å²) < 4.78 is 5.54. The second-order valence-electron chi connectivity index (χ2n) is 5.17. The molecule has 1 saturated heterocycles. The first-order chi connectivity index (χ1) is 9.76. The third kappa shape index (κ3) is 3.60. The molecule has 0 aliphatic carbocycles. The molecule has 0 unspecified atom stereocenters. The highest BCUT2D eigenvalue weighted by Gasteiger charge is 2.17. The van der Waals surface area contributed by atoms with Crippen LogP contribution in [0.3, 0.4) is 0 Å². The van der Waals surface area contributed by atoms with Crippen molar-refractivity contribution in [2.24, 2.45) is 0 Å². The molecule has 0 spiro atoms. The third-order valence-electron chi connectivity index (χ3n) is 3.55. The first-order valence-corrected chi connectivity index (χ1v) is 7.70. The molecule has 5 nitrogen and oxygen atoms in total. The number of anilines is 2. The maximum absolute atomic E-state index is 5.54. The van der Waals surface area contributed by atoms with E-state index in [0.717, 1.165) is 75.1 Å². The van der Waals surface area contributed by atoms with Gasteiger partial charge >= 0.3 is 0 Å². The fraction of sp³-hybridized carbons (Fsp3) is 0.733. The van der Waals surface area contributed by atoms with Crippen LogP contribution < -0.4 is 10.2 Å². The average Bonchev–Trinajstić information content (AvgIpc) is 2.75. The van der Waals surface area contributed by atoms with Crippen molar-refractivity contribution in [2.45, 2.75) is 40.0 Å². The monoisotopic (exact) mass is 278 g/mol. The third-order valence-corrected chi connectivity index (χ3v) is 3.55. The summed E-state index contributed by atoms with van der Waals surface area (Å²) in [7, 11) is 0. The van der Waals surface area contributed by atoms with E-state index in [1.54, 1.807) is 0 Å². The molecule has 0 radical (unpaired) electrons. The molecule has 0 amide bonds. The molecule has 2 heterocycles. The van der Waals surface area contributed by atoms with Crippen LogP contribution in [0, 0.1) is 6.92 Å². The molecule has 1 aromatic rings. The van der Waals surface area contributed by atoms with Gasteiger partial charge in [-0.3, -0.25) is 0 Å². The van der Waals surface area contributed by atoms with Crippen molar-refractivity contribution >= 4 is 11.6 Å². The lowest BCUT2D eigenvalue weighted by molar-refractivity contribution is 0.152. The van der Waals surface area contributed by atoms with Crippen LogP contribution in [0.4, 0.5) is 11.6 Å². The van der Waals surface area contributed by atoms with Gasteiger partial charge in [-0.1, -0.05) is 13.8 Å². The Balaban J connectivity index is 2.29. The lowest BCUT2D eigenvalue weighted by atomic mass is 10.2. The zero-order chi connectivity index (χ0) is 14.4. The highest BCUT2D eigenvalue weighted by Crippen LogP contribution is 2.24. The highest BCUT2D eigenvalue weighted by atomic mass is 16.5. The number of hydrogen-bond acceptors (Lipinski definition) is 5. The van der Waals surface area contributed by atoms with E-state index in [4.69, 9.17) is 9.72 Å². The van der Waals surface area contributed by atoms with Gasteiger partial charge in [0, 0.05) is 38.2 Å². The number of aryl methyl sites for hydroxylation is 1. The maximum Gasteiger partial charge on any atom is 0.137 e. The van der Waals surface area contributed by atoms with Crippen molar-refractivity contribution in [2.75, 3.05) is 43.1 Å². The van der Waals surface area contributed by atoms with Crippen LogP contribution in [0.2, 0.25) is 0 Å². The summed E-state index contributed by atoms with van der Waals surface area (Å²) in [6, 6.07) is 0. The maximum atomic E-state index is 5.54. The molecule has 0 aromatic carbocycles. The zero-order valence-electron chi connectivity index (χ0n) is 12.9. The van der Waals surface area contributed by atoms with Gasteiger partial charge in [0.1, 0.15) is 17.5 Å². The summed E-state index contributed by atoms with van der Waals surface area (Å²) in [5, 5.41) is 3.42. The SMILES string of the molecule is CCCNc1nc(CC)nc(N2CCCOCC2)c1C. The molecule has 112 valence electrons. The highest BCUT2D eigenvalue weighted by molar-refractivity contribution is 5.58. The first-order valence-electron chi connectivity index (χ1n) is 7.70. The molecular weight excluding hydrogens is 252 g/mol. The van der Waals surface area contributed by atoms with E-state index in [9.17, 15) is 0 Å². The number of nitrogens with one attached hydrogen (secondary N) is 1. The van der Waals surface area contributed by atoms with Crippen LogP contribution in [0.25, 0.3) is 0 Å². The van der Waals surface area contributed by atoms with E-state index in [1.165, 1.54) is 0 Å². The molecular formula is C15H26N4O. The van der Waals surface area contributed by atoms with Gasteiger partial charge in [-0.15, -0.1) is 0 Å². The normalized spacial score (nSPS) is 16.1. The van der Waals surface area contributed by atoms with E-state index in [0.29, 0.717) is 0 Å². The predicted molar refractivity (Wildman–Crippen MR) is 82.6 cm³/mol. The van der Waals surface area contributed by atoms with Gasteiger partial charge in [-0.05, 0) is 19.8 Å². The number of hydrogen-bond donors (Lipinski definition) is 1. The molecule has 2 rings (SSSR count). The Hall–Kier alpha value is -1.36. The molecule has 0 saturated carbocycles. The van der Waals surface area contributed by atoms with Gasteiger partial charge in [0.05, 0.1) is 6.61 Å². The summed E-state index contributed by atoms with van der Waals surface area (Å²) >= 11 is 0. The minimum atomic E-state index is 0.780. The summed E-state index contributed by atoms with van der Waals surface area (Å²) in [4.78, 5) is 11.7. The molecule has 1 N–H and O–H groups in total. The predicted octanol–water partition coefficient (Wildman–Crippen LogP) is 2.40. The molecule has 1 fully saturated rings. The van der Waals surface area contributed by atoms with Crippen molar-refractivity contribution in [3.63, 3.8) is 0 Å². The smallest absolute Gasteiger partial charge is 0.137 e. The van der Waals surface area contributed by atoms with E-state index in [2.05, 4.69) is 36.0 Å². The Labute approximate surface area is 121 Å². The minimum absolute atomic E-state index is 0.780. The van der Waals surface area contributed by atoms with E-state index in [1.807, 2.05) is 0 Å². The molecule has 1 aliphatic rings. The molecule has 1 aliphatic heterocycles. The first kappa shape index (κ1) is 15.0. The van der Waals surface area contributed by atoms with Gasteiger partial charge in [0.25, 0.3) is 0 Å². The van der Waals surface area contributed by atoms with Crippen molar-refractivity contribution in [3.05, 3.63) is 11.4 Å². The molecule has 20 heavy (non-hydrogen) atoms. The number of ether oxygens (including phenoxy) is 1. The molecule has 5 heteroatoms. The van der Waals surface area contributed by atoms with Crippen molar-refractivity contribution in [1.29, 1.82) is 0 Å². The Morgan fingerprint density at radius 3 is 2.80 bits per heavy atom. The fourth-order valence-electron chi connectivity index (χ4n) is 2.39. The van der Waals surface area contributed by atoms with Crippen LogP contribution >= 0.6 is 0 Å². The Morgan fingerprint density at radius 1 is 1.20 bits per heavy atom. The second-order valence-corrected chi connectivity index (χ2v) is 5.17. The summed E-state index contributed by atoms with van der Waals surface area (Å²) in [6.07, 6.45) is 3.01. The standard InChI is InChI=1S/C15H26N4O/c1-4-7-16-14-12(3)15(18-13(5-2)17-14)19-8-6-10-20-11-9-19/h4-11H2,1-3H3,(H,16,17,18). The summed E-state index contributed by atoms with van der Waals surface area (Å²) in [5.74, 6) is 2.97. The van der Waals surface area contributed by atoms with Gasteiger partial charge in [-0.2, -0.15) is 0 Å². The Kier molecular flexibility index (Phi) is 5.59. The lowest BCUT2D eigenvalue weighted by Crippen LogP contribution is -2.28. The van der Waals surface area contributed by atoms with Crippen LogP contribution in [-0.2, 0) is 11.2 Å². The largest absolute Gasteiger partial charge is 0.380 e. The summed E-state index contributed by atoms with van der Waals surface area (Å²) in [5.41, 5.74) is 1.15. The van der Waals surface area contributed by atoms with Crippen LogP contribution in [0.5, 0.6) is 0 Å². The Bertz CT molecular complexity index is 428. The number of rotatable bonds is 5. The molecule has 1 aromatic heterocycles.